The lowest BCUT2D eigenvalue weighted by atomic mass is 9.99. The Bertz CT molecular complexity index is 547. The molecule has 2 aromatic heterocycles. The zero-order valence-corrected chi connectivity index (χ0v) is 10.1. The standard InChI is InChI=1S/C12H15FN4/c1-7-11(8(2)17(3)16-7)12(14)9-4-10(13)6-15-5-9/h4-6,12H,14H2,1-3H3. The molecular weight excluding hydrogens is 219 g/mol. The lowest BCUT2D eigenvalue weighted by Crippen LogP contribution is -2.14. The highest BCUT2D eigenvalue weighted by molar-refractivity contribution is 5.35. The van der Waals surface area contributed by atoms with E-state index in [1.165, 1.54) is 12.3 Å². The van der Waals surface area contributed by atoms with Crippen molar-refractivity contribution in [1.82, 2.24) is 14.8 Å². The van der Waals surface area contributed by atoms with Gasteiger partial charge in [-0.15, -0.1) is 0 Å². The topological polar surface area (TPSA) is 56.7 Å². The Hall–Kier alpha value is -1.75. The molecule has 0 aliphatic heterocycles. The van der Waals surface area contributed by atoms with Crippen LogP contribution >= 0.6 is 0 Å². The van der Waals surface area contributed by atoms with Crippen LogP contribution in [0, 0.1) is 19.7 Å². The van der Waals surface area contributed by atoms with E-state index in [0.29, 0.717) is 5.56 Å². The minimum atomic E-state index is -0.396. The highest BCUT2D eigenvalue weighted by atomic mass is 19.1. The number of halogens is 1. The second-order valence-electron chi connectivity index (χ2n) is 4.12. The maximum absolute atomic E-state index is 13.1. The van der Waals surface area contributed by atoms with Gasteiger partial charge >= 0.3 is 0 Å². The average Bonchev–Trinajstić information content (AvgIpc) is 2.52. The quantitative estimate of drug-likeness (QED) is 0.859. The third kappa shape index (κ3) is 2.06. The van der Waals surface area contributed by atoms with Gasteiger partial charge in [-0.1, -0.05) is 0 Å². The minimum Gasteiger partial charge on any atom is -0.320 e. The van der Waals surface area contributed by atoms with Gasteiger partial charge in [0.25, 0.3) is 0 Å². The SMILES string of the molecule is Cc1nn(C)c(C)c1C(N)c1cncc(F)c1. The zero-order valence-electron chi connectivity index (χ0n) is 10.1. The van der Waals surface area contributed by atoms with Gasteiger partial charge in [0.2, 0.25) is 0 Å². The van der Waals surface area contributed by atoms with E-state index in [0.717, 1.165) is 17.0 Å². The third-order valence-electron chi connectivity index (χ3n) is 2.96. The monoisotopic (exact) mass is 234 g/mol. The molecule has 1 atom stereocenters. The summed E-state index contributed by atoms with van der Waals surface area (Å²) < 4.78 is 14.9. The van der Waals surface area contributed by atoms with E-state index in [9.17, 15) is 4.39 Å². The Morgan fingerprint density at radius 1 is 1.35 bits per heavy atom. The van der Waals surface area contributed by atoms with E-state index in [1.807, 2.05) is 20.9 Å². The molecule has 0 saturated carbocycles. The van der Waals surface area contributed by atoms with Crippen molar-refractivity contribution in [3.05, 3.63) is 46.8 Å². The molecule has 17 heavy (non-hydrogen) atoms. The summed E-state index contributed by atoms with van der Waals surface area (Å²) >= 11 is 0. The summed E-state index contributed by atoms with van der Waals surface area (Å²) in [6, 6.07) is 1.01. The van der Waals surface area contributed by atoms with Crippen molar-refractivity contribution in [2.45, 2.75) is 19.9 Å². The molecule has 0 radical (unpaired) electrons. The molecule has 0 bridgehead atoms. The van der Waals surface area contributed by atoms with Crippen LogP contribution in [0.4, 0.5) is 4.39 Å². The van der Waals surface area contributed by atoms with Crippen LogP contribution in [0.1, 0.15) is 28.6 Å². The van der Waals surface area contributed by atoms with Gasteiger partial charge in [0.1, 0.15) is 5.82 Å². The van der Waals surface area contributed by atoms with E-state index in [2.05, 4.69) is 10.1 Å². The van der Waals surface area contributed by atoms with Crippen molar-refractivity contribution in [2.24, 2.45) is 12.8 Å². The van der Waals surface area contributed by atoms with Crippen LogP contribution in [0.2, 0.25) is 0 Å². The number of aryl methyl sites for hydroxylation is 2. The summed E-state index contributed by atoms with van der Waals surface area (Å²) in [6.07, 6.45) is 2.75. The van der Waals surface area contributed by atoms with Gasteiger partial charge in [0.15, 0.2) is 0 Å². The molecule has 4 nitrogen and oxygen atoms in total. The third-order valence-corrected chi connectivity index (χ3v) is 2.96. The smallest absolute Gasteiger partial charge is 0.141 e. The molecular formula is C12H15FN4. The predicted molar refractivity (Wildman–Crippen MR) is 62.9 cm³/mol. The predicted octanol–water partition coefficient (Wildman–Crippen LogP) is 1.62. The highest BCUT2D eigenvalue weighted by Gasteiger charge is 2.18. The Kier molecular flexibility index (Phi) is 2.93. The summed E-state index contributed by atoms with van der Waals surface area (Å²) in [5.74, 6) is -0.378. The minimum absolute atomic E-state index is 0.378. The number of nitrogens with zero attached hydrogens (tertiary/aromatic N) is 3. The molecule has 1 unspecified atom stereocenters. The molecule has 0 fully saturated rings. The van der Waals surface area contributed by atoms with E-state index in [-0.39, 0.29) is 5.82 Å². The number of hydrogen-bond donors (Lipinski definition) is 1. The Labute approximate surface area is 99.3 Å². The summed E-state index contributed by atoms with van der Waals surface area (Å²) in [5.41, 5.74) is 9.58. The first-order valence-electron chi connectivity index (χ1n) is 5.37. The Balaban J connectivity index is 2.47. The van der Waals surface area contributed by atoms with Gasteiger partial charge < -0.3 is 5.73 Å². The second-order valence-corrected chi connectivity index (χ2v) is 4.12. The van der Waals surface area contributed by atoms with Crippen LogP contribution in [0.15, 0.2) is 18.5 Å². The van der Waals surface area contributed by atoms with Gasteiger partial charge in [-0.25, -0.2) is 4.39 Å². The van der Waals surface area contributed by atoms with Crippen LogP contribution < -0.4 is 5.73 Å². The van der Waals surface area contributed by atoms with Crippen LogP contribution in [0.5, 0.6) is 0 Å². The molecule has 90 valence electrons. The number of hydrogen-bond acceptors (Lipinski definition) is 3. The van der Waals surface area contributed by atoms with E-state index in [1.54, 1.807) is 10.9 Å². The molecule has 5 heteroatoms. The maximum Gasteiger partial charge on any atom is 0.141 e. The van der Waals surface area contributed by atoms with Crippen molar-refractivity contribution < 1.29 is 4.39 Å². The van der Waals surface area contributed by atoms with Crippen LogP contribution in [0.25, 0.3) is 0 Å². The zero-order chi connectivity index (χ0) is 12.6. The number of nitrogens with two attached hydrogens (primary N) is 1. The first-order chi connectivity index (χ1) is 8.00. The molecule has 2 aromatic rings. The van der Waals surface area contributed by atoms with Gasteiger partial charge in [0, 0.05) is 24.5 Å². The first kappa shape index (κ1) is 11.7. The lowest BCUT2D eigenvalue weighted by molar-refractivity contribution is 0.616. The fourth-order valence-electron chi connectivity index (χ4n) is 2.01. The molecule has 0 amide bonds. The average molecular weight is 234 g/mol. The second kappa shape index (κ2) is 4.25. The molecule has 0 aliphatic carbocycles. The fourth-order valence-corrected chi connectivity index (χ4v) is 2.01. The fraction of sp³-hybridized carbons (Fsp3) is 0.333. The van der Waals surface area contributed by atoms with Crippen LogP contribution in [-0.2, 0) is 7.05 Å². The summed E-state index contributed by atoms with van der Waals surface area (Å²) in [5, 5.41) is 4.30. The lowest BCUT2D eigenvalue weighted by Gasteiger charge is -2.12. The van der Waals surface area contributed by atoms with Crippen molar-refractivity contribution in [3.63, 3.8) is 0 Å². The van der Waals surface area contributed by atoms with E-state index in [4.69, 9.17) is 5.73 Å². The van der Waals surface area contributed by atoms with Gasteiger partial charge in [-0.2, -0.15) is 5.10 Å². The van der Waals surface area contributed by atoms with Gasteiger partial charge in [-0.05, 0) is 25.5 Å². The van der Waals surface area contributed by atoms with Crippen molar-refractivity contribution in [3.8, 4) is 0 Å². The Morgan fingerprint density at radius 3 is 2.59 bits per heavy atom. The van der Waals surface area contributed by atoms with Crippen molar-refractivity contribution in [1.29, 1.82) is 0 Å². The molecule has 2 rings (SSSR count). The molecule has 0 aromatic carbocycles. The first-order valence-corrected chi connectivity index (χ1v) is 5.37. The van der Waals surface area contributed by atoms with Gasteiger partial charge in [-0.3, -0.25) is 9.67 Å². The molecule has 2 N–H and O–H groups in total. The van der Waals surface area contributed by atoms with Crippen molar-refractivity contribution >= 4 is 0 Å². The van der Waals surface area contributed by atoms with E-state index >= 15 is 0 Å². The summed E-state index contributed by atoms with van der Waals surface area (Å²) in [6.45, 7) is 3.84. The molecule has 0 saturated heterocycles. The van der Waals surface area contributed by atoms with Crippen LogP contribution in [-0.4, -0.2) is 14.8 Å². The number of rotatable bonds is 2. The number of pyridine rings is 1. The van der Waals surface area contributed by atoms with Crippen LogP contribution in [0.3, 0.4) is 0 Å². The van der Waals surface area contributed by atoms with Gasteiger partial charge in [0.05, 0.1) is 17.9 Å². The van der Waals surface area contributed by atoms with E-state index < -0.39 is 6.04 Å². The highest BCUT2D eigenvalue weighted by Crippen LogP contribution is 2.24. The normalized spacial score (nSPS) is 12.8. The maximum atomic E-state index is 13.1. The Morgan fingerprint density at radius 2 is 2.06 bits per heavy atom. The molecule has 0 aliphatic rings. The van der Waals surface area contributed by atoms with Crippen molar-refractivity contribution in [2.75, 3.05) is 0 Å². The largest absolute Gasteiger partial charge is 0.320 e. The molecule has 0 spiro atoms. The summed E-state index contributed by atoms with van der Waals surface area (Å²) in [7, 11) is 1.86. The number of aromatic nitrogens is 3. The molecule has 2 heterocycles. The summed E-state index contributed by atoms with van der Waals surface area (Å²) in [4.78, 5) is 3.81.